The van der Waals surface area contributed by atoms with Crippen molar-refractivity contribution in [2.75, 3.05) is 5.32 Å². The number of benzene rings is 2. The Morgan fingerprint density at radius 1 is 1.12 bits per heavy atom. The summed E-state index contributed by atoms with van der Waals surface area (Å²) in [5.41, 5.74) is 1.44. The lowest BCUT2D eigenvalue weighted by Gasteiger charge is -2.05. The lowest BCUT2D eigenvalue weighted by atomic mass is 10.2. The first kappa shape index (κ1) is 18.9. The molecule has 2 N–H and O–H groups in total. The maximum Gasteiger partial charge on any atom is 0.264 e. The predicted molar refractivity (Wildman–Crippen MR) is 96.3 cm³/mol. The molecule has 0 fully saturated rings. The quantitative estimate of drug-likeness (QED) is 0.782. The third-order valence-electron chi connectivity index (χ3n) is 3.17. The molecule has 0 aliphatic heterocycles. The maximum atomic E-state index is 12.2. The van der Waals surface area contributed by atoms with E-state index in [9.17, 15) is 18.0 Å². The Morgan fingerprint density at radius 2 is 1.81 bits per heavy atom. The van der Waals surface area contributed by atoms with E-state index < -0.39 is 15.9 Å². The summed E-state index contributed by atoms with van der Waals surface area (Å²) in [5, 5.41) is 11.4. The Bertz CT molecular complexity index is 1000. The van der Waals surface area contributed by atoms with Gasteiger partial charge >= 0.3 is 0 Å². The van der Waals surface area contributed by atoms with Crippen LogP contribution in [-0.4, -0.2) is 20.2 Å². The molecule has 2 amide bonds. The topological polar surface area (TPSA) is 116 Å². The summed E-state index contributed by atoms with van der Waals surface area (Å²) in [6.07, 6.45) is 2.52. The predicted octanol–water partition coefficient (Wildman–Crippen LogP) is 2.03. The molecule has 2 rings (SSSR count). The van der Waals surface area contributed by atoms with Crippen LogP contribution in [0.4, 0.5) is 5.69 Å². The molecule has 7 nitrogen and oxygen atoms in total. The van der Waals surface area contributed by atoms with Crippen molar-refractivity contribution < 1.29 is 18.0 Å². The molecular formula is C18H15N3O4S. The number of rotatable bonds is 5. The summed E-state index contributed by atoms with van der Waals surface area (Å²) in [4.78, 5) is 22.7. The van der Waals surface area contributed by atoms with Crippen molar-refractivity contribution in [2.24, 2.45) is 0 Å². The fourth-order valence-corrected chi connectivity index (χ4v) is 3.00. The molecule has 0 aliphatic carbocycles. The number of amides is 2. The van der Waals surface area contributed by atoms with Gasteiger partial charge in [0.2, 0.25) is 5.91 Å². The maximum absolute atomic E-state index is 12.2. The van der Waals surface area contributed by atoms with Crippen LogP contribution in [0.15, 0.2) is 59.5 Å². The number of nitriles is 1. The zero-order valence-electron chi connectivity index (χ0n) is 13.8. The average Bonchev–Trinajstić information content (AvgIpc) is 2.60. The molecule has 2 aromatic rings. The van der Waals surface area contributed by atoms with Crippen LogP contribution in [0, 0.1) is 11.3 Å². The molecule has 0 radical (unpaired) electrons. The molecule has 0 spiro atoms. The highest BCUT2D eigenvalue weighted by Gasteiger charge is 2.16. The molecule has 0 saturated heterocycles. The van der Waals surface area contributed by atoms with Crippen molar-refractivity contribution >= 4 is 33.6 Å². The van der Waals surface area contributed by atoms with E-state index in [1.807, 2.05) is 10.8 Å². The summed E-state index contributed by atoms with van der Waals surface area (Å²) < 4.78 is 26.2. The van der Waals surface area contributed by atoms with Crippen LogP contribution in [0.25, 0.3) is 6.08 Å². The Balaban J connectivity index is 2.06. The van der Waals surface area contributed by atoms with Crippen molar-refractivity contribution in [3.63, 3.8) is 0 Å². The molecule has 0 aromatic heterocycles. The highest BCUT2D eigenvalue weighted by Crippen LogP contribution is 2.12. The second-order valence-corrected chi connectivity index (χ2v) is 6.93. The number of hydrogen-bond acceptors (Lipinski definition) is 5. The van der Waals surface area contributed by atoms with Crippen LogP contribution in [0.5, 0.6) is 0 Å². The minimum atomic E-state index is -4.07. The summed E-state index contributed by atoms with van der Waals surface area (Å²) in [5.74, 6) is -1.02. The SMILES string of the molecule is CC(=O)Nc1ccc(C=CC(=O)NS(=O)(=O)c2cccc(C#N)c2)cc1. The first-order valence-electron chi connectivity index (χ1n) is 7.43. The van der Waals surface area contributed by atoms with Crippen molar-refractivity contribution in [3.05, 3.63) is 65.7 Å². The second-order valence-electron chi connectivity index (χ2n) is 5.25. The number of nitrogens with zero attached hydrogens (tertiary/aromatic N) is 1. The normalized spacial score (nSPS) is 10.9. The lowest BCUT2D eigenvalue weighted by Crippen LogP contribution is -2.29. The number of carbonyl (C=O) groups excluding carboxylic acids is 2. The van der Waals surface area contributed by atoms with Gasteiger partial charge in [-0.1, -0.05) is 18.2 Å². The molecule has 0 saturated carbocycles. The van der Waals surface area contributed by atoms with Crippen LogP contribution in [-0.2, 0) is 19.6 Å². The number of sulfonamides is 1. The zero-order chi connectivity index (χ0) is 19.2. The van der Waals surface area contributed by atoms with E-state index in [1.54, 1.807) is 24.3 Å². The average molecular weight is 369 g/mol. The van der Waals surface area contributed by atoms with E-state index in [4.69, 9.17) is 5.26 Å². The Hall–Kier alpha value is -3.44. The van der Waals surface area contributed by atoms with Crippen molar-refractivity contribution in [1.82, 2.24) is 4.72 Å². The third kappa shape index (κ3) is 5.29. The molecule has 26 heavy (non-hydrogen) atoms. The summed E-state index contributed by atoms with van der Waals surface area (Å²) in [6, 6.07) is 13.8. The van der Waals surface area contributed by atoms with E-state index in [-0.39, 0.29) is 16.4 Å². The first-order chi connectivity index (χ1) is 12.3. The Labute approximate surface area is 151 Å². The van der Waals surface area contributed by atoms with Crippen molar-refractivity contribution in [1.29, 1.82) is 5.26 Å². The molecular weight excluding hydrogens is 354 g/mol. The van der Waals surface area contributed by atoms with Crippen LogP contribution in [0.2, 0.25) is 0 Å². The summed E-state index contributed by atoms with van der Waals surface area (Å²) in [6.45, 7) is 1.39. The molecule has 0 aliphatic rings. The van der Waals surface area contributed by atoms with Gasteiger partial charge in [-0.25, -0.2) is 13.1 Å². The van der Waals surface area contributed by atoms with E-state index in [2.05, 4.69) is 5.32 Å². The zero-order valence-corrected chi connectivity index (χ0v) is 14.6. The molecule has 0 unspecified atom stereocenters. The molecule has 8 heteroatoms. The highest BCUT2D eigenvalue weighted by molar-refractivity contribution is 7.90. The smallest absolute Gasteiger partial charge is 0.264 e. The van der Waals surface area contributed by atoms with Gasteiger partial charge in [-0.05, 0) is 42.0 Å². The van der Waals surface area contributed by atoms with Crippen LogP contribution in [0.1, 0.15) is 18.1 Å². The summed E-state index contributed by atoms with van der Waals surface area (Å²) >= 11 is 0. The van der Waals surface area contributed by atoms with E-state index in [0.717, 1.165) is 6.08 Å². The summed E-state index contributed by atoms with van der Waals surface area (Å²) in [7, 11) is -4.07. The lowest BCUT2D eigenvalue weighted by molar-refractivity contribution is -0.115. The van der Waals surface area contributed by atoms with Crippen LogP contribution < -0.4 is 10.0 Å². The largest absolute Gasteiger partial charge is 0.326 e. The van der Waals surface area contributed by atoms with E-state index in [1.165, 1.54) is 37.3 Å². The molecule has 132 valence electrons. The van der Waals surface area contributed by atoms with Gasteiger partial charge in [0.05, 0.1) is 16.5 Å². The Kier molecular flexibility index (Phi) is 5.88. The van der Waals surface area contributed by atoms with Crippen molar-refractivity contribution in [3.8, 4) is 6.07 Å². The fourth-order valence-electron chi connectivity index (χ4n) is 2.01. The third-order valence-corrected chi connectivity index (χ3v) is 4.51. The van der Waals surface area contributed by atoms with Gasteiger partial charge in [-0.3, -0.25) is 9.59 Å². The number of carbonyl (C=O) groups is 2. The van der Waals surface area contributed by atoms with Crippen LogP contribution >= 0.6 is 0 Å². The molecule has 2 aromatic carbocycles. The van der Waals surface area contributed by atoms with Crippen molar-refractivity contribution in [2.45, 2.75) is 11.8 Å². The minimum Gasteiger partial charge on any atom is -0.326 e. The molecule has 0 heterocycles. The van der Waals surface area contributed by atoms with Gasteiger partial charge < -0.3 is 5.32 Å². The highest BCUT2D eigenvalue weighted by atomic mass is 32.2. The van der Waals surface area contributed by atoms with Gasteiger partial charge in [-0.2, -0.15) is 5.26 Å². The van der Waals surface area contributed by atoms with E-state index in [0.29, 0.717) is 11.3 Å². The monoisotopic (exact) mass is 369 g/mol. The first-order valence-corrected chi connectivity index (χ1v) is 8.91. The number of hydrogen-bond donors (Lipinski definition) is 2. The van der Waals surface area contributed by atoms with Gasteiger partial charge in [0.25, 0.3) is 15.9 Å². The Morgan fingerprint density at radius 3 is 2.42 bits per heavy atom. The van der Waals surface area contributed by atoms with Gasteiger partial charge in [0.1, 0.15) is 0 Å². The minimum absolute atomic E-state index is 0.169. The second kappa shape index (κ2) is 8.09. The number of nitrogens with one attached hydrogen (secondary N) is 2. The van der Waals surface area contributed by atoms with E-state index >= 15 is 0 Å². The van der Waals surface area contributed by atoms with Gasteiger partial charge in [0, 0.05) is 18.7 Å². The molecule has 0 atom stereocenters. The fraction of sp³-hybridized carbons (Fsp3) is 0.0556. The van der Waals surface area contributed by atoms with Gasteiger partial charge in [-0.15, -0.1) is 0 Å². The van der Waals surface area contributed by atoms with Gasteiger partial charge in [0.15, 0.2) is 0 Å². The van der Waals surface area contributed by atoms with Crippen LogP contribution in [0.3, 0.4) is 0 Å². The molecule has 0 bridgehead atoms. The number of anilines is 1. The standard InChI is InChI=1S/C18H15N3O4S/c1-13(22)20-16-8-5-14(6-9-16)7-10-18(23)21-26(24,25)17-4-2-3-15(11-17)12-19/h2-11H,1H3,(H,20,22)(H,21,23).